The lowest BCUT2D eigenvalue weighted by Gasteiger charge is -2.07. The summed E-state index contributed by atoms with van der Waals surface area (Å²) in [4.78, 5) is 10.3. The van der Waals surface area contributed by atoms with Gasteiger partial charge in [-0.3, -0.25) is 10.1 Å². The summed E-state index contributed by atoms with van der Waals surface area (Å²) in [5, 5.41) is 10.7. The zero-order valence-corrected chi connectivity index (χ0v) is 11.7. The number of hydrogen-bond donors (Lipinski definition) is 0. The second-order valence-electron chi connectivity index (χ2n) is 4.74. The highest BCUT2D eigenvalue weighted by molar-refractivity contribution is 5.65. The minimum Gasteiger partial charge on any atom is -0.457 e. The smallest absolute Gasteiger partial charge is 0.269 e. The molecule has 0 spiro atoms. The maximum atomic E-state index is 10.7. The third kappa shape index (κ3) is 3.12. The van der Waals surface area contributed by atoms with E-state index in [1.165, 1.54) is 12.1 Å². The maximum Gasteiger partial charge on any atom is 0.269 e. The van der Waals surface area contributed by atoms with Gasteiger partial charge in [-0.15, -0.1) is 0 Å². The molecule has 0 aliphatic rings. The van der Waals surface area contributed by atoms with Crippen molar-refractivity contribution >= 4 is 5.69 Å². The molecule has 0 amide bonds. The number of para-hydroxylation sites is 1. The van der Waals surface area contributed by atoms with Crippen LogP contribution in [0.25, 0.3) is 11.1 Å². The van der Waals surface area contributed by atoms with Crippen LogP contribution in [0.3, 0.4) is 0 Å². The highest BCUT2D eigenvalue weighted by Crippen LogP contribution is 2.26. The molecule has 0 saturated carbocycles. The fraction of sp³-hybridized carbons (Fsp3) is 0. The summed E-state index contributed by atoms with van der Waals surface area (Å²) < 4.78 is 5.73. The van der Waals surface area contributed by atoms with Gasteiger partial charge in [-0.2, -0.15) is 0 Å². The van der Waals surface area contributed by atoms with Crippen LogP contribution in [-0.2, 0) is 0 Å². The van der Waals surface area contributed by atoms with E-state index in [4.69, 9.17) is 4.74 Å². The summed E-state index contributed by atoms with van der Waals surface area (Å²) in [5.41, 5.74) is 2.00. The Bertz CT molecular complexity index is 766. The van der Waals surface area contributed by atoms with Gasteiger partial charge < -0.3 is 4.74 Å². The summed E-state index contributed by atoms with van der Waals surface area (Å²) in [7, 11) is 0. The standard InChI is InChI=1S/C18H13NO3/c20-19(21)16-10-6-14(7-11-16)15-8-12-18(13-9-15)22-17-4-2-1-3-5-17/h1-13H. The first-order valence-corrected chi connectivity index (χ1v) is 6.80. The molecule has 0 heterocycles. The van der Waals surface area contributed by atoms with Gasteiger partial charge >= 0.3 is 0 Å². The number of ether oxygens (including phenoxy) is 1. The predicted molar refractivity (Wildman–Crippen MR) is 85.0 cm³/mol. The van der Waals surface area contributed by atoms with Gasteiger partial charge in [-0.1, -0.05) is 30.3 Å². The van der Waals surface area contributed by atoms with E-state index in [-0.39, 0.29) is 5.69 Å². The van der Waals surface area contributed by atoms with Crippen molar-refractivity contribution in [1.82, 2.24) is 0 Å². The van der Waals surface area contributed by atoms with Crippen molar-refractivity contribution in [1.29, 1.82) is 0 Å². The van der Waals surface area contributed by atoms with Crippen LogP contribution in [0, 0.1) is 10.1 Å². The summed E-state index contributed by atoms with van der Waals surface area (Å²) in [5.74, 6) is 1.53. The molecule has 0 radical (unpaired) electrons. The lowest BCUT2D eigenvalue weighted by molar-refractivity contribution is -0.384. The summed E-state index contributed by atoms with van der Waals surface area (Å²) >= 11 is 0. The van der Waals surface area contributed by atoms with Gasteiger partial charge in [-0.05, 0) is 47.5 Å². The Balaban J connectivity index is 1.77. The average molecular weight is 291 g/mol. The van der Waals surface area contributed by atoms with Crippen molar-refractivity contribution in [3.8, 4) is 22.6 Å². The molecule has 4 nitrogen and oxygen atoms in total. The van der Waals surface area contributed by atoms with E-state index in [2.05, 4.69) is 0 Å². The van der Waals surface area contributed by atoms with Gasteiger partial charge in [0, 0.05) is 12.1 Å². The molecule has 0 N–H and O–H groups in total. The van der Waals surface area contributed by atoms with Gasteiger partial charge in [-0.25, -0.2) is 0 Å². The number of benzene rings is 3. The zero-order chi connectivity index (χ0) is 15.4. The molecule has 0 atom stereocenters. The number of nitrogens with zero attached hydrogens (tertiary/aromatic N) is 1. The van der Waals surface area contributed by atoms with Crippen LogP contribution in [-0.4, -0.2) is 4.92 Å². The van der Waals surface area contributed by atoms with Crippen LogP contribution in [0.4, 0.5) is 5.69 Å². The Kier molecular flexibility index (Phi) is 3.83. The zero-order valence-electron chi connectivity index (χ0n) is 11.7. The lowest BCUT2D eigenvalue weighted by atomic mass is 10.1. The van der Waals surface area contributed by atoms with Crippen molar-refractivity contribution in [3.63, 3.8) is 0 Å². The first-order valence-electron chi connectivity index (χ1n) is 6.80. The lowest BCUT2D eigenvalue weighted by Crippen LogP contribution is -1.87. The van der Waals surface area contributed by atoms with Gasteiger partial charge in [0.2, 0.25) is 0 Å². The fourth-order valence-corrected chi connectivity index (χ4v) is 2.12. The monoisotopic (exact) mass is 291 g/mol. The van der Waals surface area contributed by atoms with Crippen molar-refractivity contribution in [2.24, 2.45) is 0 Å². The molecule has 108 valence electrons. The topological polar surface area (TPSA) is 52.4 Å². The molecule has 22 heavy (non-hydrogen) atoms. The predicted octanol–water partition coefficient (Wildman–Crippen LogP) is 5.05. The number of nitro benzene ring substituents is 1. The van der Waals surface area contributed by atoms with Gasteiger partial charge in [0.05, 0.1) is 4.92 Å². The molecule has 3 rings (SSSR count). The van der Waals surface area contributed by atoms with Crippen LogP contribution >= 0.6 is 0 Å². The molecule has 0 saturated heterocycles. The SMILES string of the molecule is O=[N+]([O-])c1ccc(-c2ccc(Oc3ccccc3)cc2)cc1. The largest absolute Gasteiger partial charge is 0.457 e. The third-order valence-corrected chi connectivity index (χ3v) is 3.24. The van der Waals surface area contributed by atoms with Crippen LogP contribution < -0.4 is 4.74 Å². The molecule has 0 aliphatic carbocycles. The van der Waals surface area contributed by atoms with E-state index < -0.39 is 4.92 Å². The highest BCUT2D eigenvalue weighted by Gasteiger charge is 2.05. The van der Waals surface area contributed by atoms with Crippen molar-refractivity contribution in [2.75, 3.05) is 0 Å². The molecular formula is C18H13NO3. The quantitative estimate of drug-likeness (QED) is 0.499. The molecule has 0 unspecified atom stereocenters. The van der Waals surface area contributed by atoms with E-state index in [0.29, 0.717) is 0 Å². The third-order valence-electron chi connectivity index (χ3n) is 3.24. The average Bonchev–Trinajstić information content (AvgIpc) is 2.57. The second-order valence-corrected chi connectivity index (χ2v) is 4.74. The van der Waals surface area contributed by atoms with E-state index in [1.807, 2.05) is 54.6 Å². The first kappa shape index (κ1) is 13.8. The van der Waals surface area contributed by atoms with E-state index in [1.54, 1.807) is 12.1 Å². The minimum atomic E-state index is -0.402. The molecule has 0 aliphatic heterocycles. The van der Waals surface area contributed by atoms with Crippen molar-refractivity contribution < 1.29 is 9.66 Å². The van der Waals surface area contributed by atoms with Crippen LogP contribution in [0.2, 0.25) is 0 Å². The Morgan fingerprint density at radius 1 is 0.682 bits per heavy atom. The molecule has 3 aromatic carbocycles. The fourth-order valence-electron chi connectivity index (χ4n) is 2.12. The van der Waals surface area contributed by atoms with Gasteiger partial charge in [0.1, 0.15) is 11.5 Å². The Morgan fingerprint density at radius 3 is 1.73 bits per heavy atom. The molecule has 3 aromatic rings. The molecule has 0 aromatic heterocycles. The Morgan fingerprint density at radius 2 is 1.18 bits per heavy atom. The van der Waals surface area contributed by atoms with Gasteiger partial charge in [0.25, 0.3) is 5.69 Å². The van der Waals surface area contributed by atoms with Crippen molar-refractivity contribution in [3.05, 3.63) is 89.0 Å². The highest BCUT2D eigenvalue weighted by atomic mass is 16.6. The normalized spacial score (nSPS) is 10.2. The van der Waals surface area contributed by atoms with E-state index in [0.717, 1.165) is 22.6 Å². The van der Waals surface area contributed by atoms with Gasteiger partial charge in [0.15, 0.2) is 0 Å². The molecular weight excluding hydrogens is 278 g/mol. The molecule has 4 heteroatoms. The Hall–Kier alpha value is -3.14. The second kappa shape index (κ2) is 6.10. The summed E-state index contributed by atoms with van der Waals surface area (Å²) in [6.45, 7) is 0. The first-order chi connectivity index (χ1) is 10.7. The number of hydrogen-bond acceptors (Lipinski definition) is 3. The molecule has 0 fully saturated rings. The number of non-ortho nitro benzene ring substituents is 1. The Labute approximate surface area is 127 Å². The van der Waals surface area contributed by atoms with Crippen LogP contribution in [0.5, 0.6) is 11.5 Å². The van der Waals surface area contributed by atoms with Crippen molar-refractivity contribution in [2.45, 2.75) is 0 Å². The van der Waals surface area contributed by atoms with Crippen LogP contribution in [0.1, 0.15) is 0 Å². The minimum absolute atomic E-state index is 0.0905. The number of rotatable bonds is 4. The summed E-state index contributed by atoms with van der Waals surface area (Å²) in [6.07, 6.45) is 0. The summed E-state index contributed by atoms with van der Waals surface area (Å²) in [6, 6.07) is 23.7. The molecule has 0 bridgehead atoms. The van der Waals surface area contributed by atoms with E-state index in [9.17, 15) is 10.1 Å². The van der Waals surface area contributed by atoms with Crippen LogP contribution in [0.15, 0.2) is 78.9 Å². The van der Waals surface area contributed by atoms with E-state index >= 15 is 0 Å². The maximum absolute atomic E-state index is 10.7. The number of nitro groups is 1.